The van der Waals surface area contributed by atoms with Crippen LogP contribution in [0.4, 0.5) is 5.69 Å². The summed E-state index contributed by atoms with van der Waals surface area (Å²) in [7, 11) is -2.41. The van der Waals surface area contributed by atoms with Crippen LogP contribution < -0.4 is 19.1 Å². The molecule has 0 bridgehead atoms. The Bertz CT molecular complexity index is 1320. The lowest BCUT2D eigenvalue weighted by molar-refractivity contribution is -0.119. The van der Waals surface area contributed by atoms with E-state index in [-0.39, 0.29) is 24.1 Å². The highest BCUT2D eigenvalue weighted by atomic mass is 32.2. The summed E-state index contributed by atoms with van der Waals surface area (Å²) >= 11 is 0. The fourth-order valence-corrected chi connectivity index (χ4v) is 5.01. The van der Waals surface area contributed by atoms with Crippen LogP contribution in [0.5, 0.6) is 11.5 Å². The molecule has 8 heteroatoms. The van der Waals surface area contributed by atoms with Gasteiger partial charge in [-0.05, 0) is 87.7 Å². The number of carbonyl (C=O) groups excluding carboxylic acids is 1. The molecule has 0 atom stereocenters. The minimum Gasteiger partial charge on any atom is -0.493 e. The van der Waals surface area contributed by atoms with Gasteiger partial charge in [-0.1, -0.05) is 29.8 Å². The van der Waals surface area contributed by atoms with Gasteiger partial charge in [-0.2, -0.15) is 0 Å². The van der Waals surface area contributed by atoms with Gasteiger partial charge in [-0.15, -0.1) is 0 Å². The SMILES string of the molecule is COc1cc(CNC(=O)CN(c2ccc(C)c(C)c2)S(=O)(=O)c2ccc(C)cc2)ccc1OC(C)C. The van der Waals surface area contributed by atoms with Gasteiger partial charge < -0.3 is 14.8 Å². The number of anilines is 1. The van der Waals surface area contributed by atoms with E-state index >= 15 is 0 Å². The molecule has 0 heterocycles. The lowest BCUT2D eigenvalue weighted by Gasteiger charge is -2.25. The monoisotopic (exact) mass is 510 g/mol. The number of hydrogen-bond donors (Lipinski definition) is 1. The number of aryl methyl sites for hydroxylation is 3. The zero-order valence-electron chi connectivity index (χ0n) is 21.7. The molecule has 0 fully saturated rings. The van der Waals surface area contributed by atoms with Crippen molar-refractivity contribution in [1.29, 1.82) is 0 Å². The first-order valence-electron chi connectivity index (χ1n) is 11.8. The summed E-state index contributed by atoms with van der Waals surface area (Å²) in [6.07, 6.45) is -0.00340. The first-order chi connectivity index (χ1) is 17.0. The highest BCUT2D eigenvalue weighted by Crippen LogP contribution is 2.29. The van der Waals surface area contributed by atoms with Crippen molar-refractivity contribution in [3.05, 3.63) is 82.9 Å². The van der Waals surface area contributed by atoms with E-state index < -0.39 is 15.9 Å². The lowest BCUT2D eigenvalue weighted by Crippen LogP contribution is -2.40. The van der Waals surface area contributed by atoms with Gasteiger partial charge in [0.2, 0.25) is 5.91 Å². The van der Waals surface area contributed by atoms with Gasteiger partial charge in [0.05, 0.1) is 23.8 Å². The standard InChI is InChI=1S/C28H34N2O5S/c1-19(2)35-26-14-10-23(16-27(26)34-6)17-29-28(31)18-30(24-11-9-21(4)22(5)15-24)36(32,33)25-12-7-20(3)8-13-25/h7-16,19H,17-18H2,1-6H3,(H,29,31). The molecule has 1 N–H and O–H groups in total. The van der Waals surface area contributed by atoms with Crippen molar-refractivity contribution in [3.63, 3.8) is 0 Å². The minimum absolute atomic E-state index is 0.00340. The number of nitrogens with one attached hydrogen (secondary N) is 1. The fourth-order valence-electron chi connectivity index (χ4n) is 3.59. The van der Waals surface area contributed by atoms with E-state index in [4.69, 9.17) is 9.47 Å². The number of methoxy groups -OCH3 is 1. The van der Waals surface area contributed by atoms with Crippen molar-refractivity contribution in [2.45, 2.75) is 52.2 Å². The molecule has 3 rings (SSSR count). The van der Waals surface area contributed by atoms with Gasteiger partial charge in [-0.3, -0.25) is 9.10 Å². The van der Waals surface area contributed by atoms with Crippen LogP contribution in [0.1, 0.15) is 36.1 Å². The number of rotatable bonds is 10. The Kier molecular flexibility index (Phi) is 8.63. The van der Waals surface area contributed by atoms with Gasteiger partial charge in [0.15, 0.2) is 11.5 Å². The predicted octanol–water partition coefficient (Wildman–Crippen LogP) is 4.92. The molecule has 0 radical (unpaired) electrons. The normalized spacial score (nSPS) is 11.3. The van der Waals surface area contributed by atoms with Gasteiger partial charge in [-0.25, -0.2) is 8.42 Å². The van der Waals surface area contributed by atoms with E-state index in [0.717, 1.165) is 26.6 Å². The number of nitrogens with zero attached hydrogens (tertiary/aromatic N) is 1. The summed E-state index contributed by atoms with van der Waals surface area (Å²) in [5, 5.41) is 2.83. The second-order valence-electron chi connectivity index (χ2n) is 9.02. The molecule has 0 aliphatic rings. The molecule has 0 aliphatic heterocycles. The third kappa shape index (κ3) is 6.57. The predicted molar refractivity (Wildman–Crippen MR) is 142 cm³/mol. The summed E-state index contributed by atoms with van der Waals surface area (Å²) in [4.78, 5) is 13.1. The number of hydrogen-bond acceptors (Lipinski definition) is 5. The van der Waals surface area contributed by atoms with Crippen LogP contribution in [0.2, 0.25) is 0 Å². The molecule has 0 saturated heterocycles. The molecule has 0 spiro atoms. The van der Waals surface area contributed by atoms with Crippen LogP contribution in [0.25, 0.3) is 0 Å². The van der Waals surface area contributed by atoms with Crippen molar-refractivity contribution in [3.8, 4) is 11.5 Å². The van der Waals surface area contributed by atoms with Crippen LogP contribution in [0.15, 0.2) is 65.6 Å². The topological polar surface area (TPSA) is 84.9 Å². The number of ether oxygens (including phenoxy) is 2. The molecule has 0 aliphatic carbocycles. The zero-order valence-corrected chi connectivity index (χ0v) is 22.5. The van der Waals surface area contributed by atoms with Crippen LogP contribution in [0, 0.1) is 20.8 Å². The Morgan fingerprint density at radius 1 is 0.917 bits per heavy atom. The Morgan fingerprint density at radius 2 is 1.61 bits per heavy atom. The summed E-state index contributed by atoms with van der Waals surface area (Å²) in [5.41, 5.74) is 4.16. The van der Waals surface area contributed by atoms with E-state index in [1.807, 2.05) is 46.8 Å². The second-order valence-corrected chi connectivity index (χ2v) is 10.9. The van der Waals surface area contributed by atoms with E-state index in [1.165, 1.54) is 0 Å². The van der Waals surface area contributed by atoms with Crippen molar-refractivity contribution >= 4 is 21.6 Å². The van der Waals surface area contributed by atoms with Crippen LogP contribution in [-0.4, -0.2) is 34.1 Å². The first kappa shape index (κ1) is 27.1. The largest absolute Gasteiger partial charge is 0.493 e. The fraction of sp³-hybridized carbons (Fsp3) is 0.321. The average Bonchev–Trinajstić information content (AvgIpc) is 2.83. The molecule has 0 saturated carbocycles. The average molecular weight is 511 g/mol. The van der Waals surface area contributed by atoms with Gasteiger partial charge in [0, 0.05) is 6.54 Å². The van der Waals surface area contributed by atoms with Crippen molar-refractivity contribution < 1.29 is 22.7 Å². The maximum atomic E-state index is 13.6. The van der Waals surface area contributed by atoms with Crippen molar-refractivity contribution in [2.75, 3.05) is 18.0 Å². The van der Waals surface area contributed by atoms with Crippen LogP contribution in [0.3, 0.4) is 0 Å². The molecule has 0 unspecified atom stereocenters. The van der Waals surface area contributed by atoms with Crippen LogP contribution in [-0.2, 0) is 21.4 Å². The highest BCUT2D eigenvalue weighted by molar-refractivity contribution is 7.92. The summed E-state index contributed by atoms with van der Waals surface area (Å²) in [6.45, 7) is 9.47. The van der Waals surface area contributed by atoms with Crippen molar-refractivity contribution in [2.24, 2.45) is 0 Å². The number of carbonyl (C=O) groups is 1. The molecule has 3 aromatic rings. The summed E-state index contributed by atoms with van der Waals surface area (Å²) < 4.78 is 39.5. The van der Waals surface area contributed by atoms with E-state index in [1.54, 1.807) is 55.6 Å². The first-order valence-corrected chi connectivity index (χ1v) is 13.2. The Hall–Kier alpha value is -3.52. The number of amides is 1. The molecular weight excluding hydrogens is 476 g/mol. The van der Waals surface area contributed by atoms with Gasteiger partial charge in [0.25, 0.3) is 10.0 Å². The molecule has 0 aromatic heterocycles. The Labute approximate surface area is 214 Å². The molecule has 36 heavy (non-hydrogen) atoms. The quantitative estimate of drug-likeness (QED) is 0.419. The molecule has 1 amide bonds. The highest BCUT2D eigenvalue weighted by Gasteiger charge is 2.27. The maximum Gasteiger partial charge on any atom is 0.264 e. The van der Waals surface area contributed by atoms with E-state index in [2.05, 4.69) is 5.32 Å². The third-order valence-corrected chi connectivity index (χ3v) is 7.54. The van der Waals surface area contributed by atoms with Gasteiger partial charge >= 0.3 is 0 Å². The number of benzene rings is 3. The molecule has 7 nitrogen and oxygen atoms in total. The second kappa shape index (κ2) is 11.5. The Balaban J connectivity index is 1.83. The maximum absolute atomic E-state index is 13.6. The summed E-state index contributed by atoms with van der Waals surface area (Å²) in [5.74, 6) is 0.757. The number of sulfonamides is 1. The van der Waals surface area contributed by atoms with Crippen molar-refractivity contribution in [1.82, 2.24) is 5.32 Å². The molecule has 192 valence electrons. The van der Waals surface area contributed by atoms with E-state index in [9.17, 15) is 13.2 Å². The lowest BCUT2D eigenvalue weighted by atomic mass is 10.1. The molecule has 3 aromatic carbocycles. The minimum atomic E-state index is -3.97. The smallest absolute Gasteiger partial charge is 0.264 e. The zero-order chi connectivity index (χ0) is 26.5. The Morgan fingerprint density at radius 3 is 2.22 bits per heavy atom. The van der Waals surface area contributed by atoms with Gasteiger partial charge in [0.1, 0.15) is 6.54 Å². The third-order valence-electron chi connectivity index (χ3n) is 5.76. The van der Waals surface area contributed by atoms with Crippen LogP contribution >= 0.6 is 0 Å². The summed E-state index contributed by atoms with van der Waals surface area (Å²) in [6, 6.07) is 17.4. The molecular formula is C28H34N2O5S. The van der Waals surface area contributed by atoms with E-state index in [0.29, 0.717) is 17.2 Å².